The minimum absolute atomic E-state index is 0.766. The second-order valence-corrected chi connectivity index (χ2v) is 3.59. The second-order valence-electron chi connectivity index (χ2n) is 3.59. The van der Waals surface area contributed by atoms with Crippen molar-refractivity contribution in [3.63, 3.8) is 0 Å². The Morgan fingerprint density at radius 3 is 2.93 bits per heavy atom. The van der Waals surface area contributed by atoms with Gasteiger partial charge in [0.15, 0.2) is 0 Å². The third kappa shape index (κ3) is 3.64. The van der Waals surface area contributed by atoms with Crippen molar-refractivity contribution in [3.8, 4) is 0 Å². The predicted molar refractivity (Wildman–Crippen MR) is 60.8 cm³/mol. The van der Waals surface area contributed by atoms with Crippen molar-refractivity contribution in [2.45, 2.75) is 33.4 Å². The van der Waals surface area contributed by atoms with Crippen LogP contribution >= 0.6 is 0 Å². The molecular formula is C11H21N3O. The van der Waals surface area contributed by atoms with E-state index in [0.29, 0.717) is 0 Å². The monoisotopic (exact) mass is 211 g/mol. The highest BCUT2D eigenvalue weighted by Crippen LogP contribution is 2.04. The van der Waals surface area contributed by atoms with E-state index >= 15 is 0 Å². The van der Waals surface area contributed by atoms with Gasteiger partial charge >= 0.3 is 0 Å². The van der Waals surface area contributed by atoms with Gasteiger partial charge in [-0.15, -0.1) is 0 Å². The minimum atomic E-state index is 0.766. The van der Waals surface area contributed by atoms with Gasteiger partial charge in [0.2, 0.25) is 0 Å². The van der Waals surface area contributed by atoms with Gasteiger partial charge in [0.1, 0.15) is 5.82 Å². The zero-order chi connectivity index (χ0) is 11.1. The highest BCUT2D eigenvalue weighted by atomic mass is 16.5. The first-order chi connectivity index (χ1) is 7.29. The van der Waals surface area contributed by atoms with Crippen LogP contribution < -0.4 is 5.32 Å². The lowest BCUT2D eigenvalue weighted by molar-refractivity contribution is 0.126. The molecule has 1 aromatic heterocycles. The van der Waals surface area contributed by atoms with Crippen LogP contribution in [0.3, 0.4) is 0 Å². The van der Waals surface area contributed by atoms with Crippen LogP contribution in [-0.4, -0.2) is 29.8 Å². The van der Waals surface area contributed by atoms with E-state index in [9.17, 15) is 0 Å². The Kier molecular flexibility index (Phi) is 5.36. The quantitative estimate of drug-likeness (QED) is 0.692. The summed E-state index contributed by atoms with van der Waals surface area (Å²) < 4.78 is 7.68. The molecule has 0 aliphatic carbocycles. The molecule has 0 aliphatic heterocycles. The standard InChI is InChI=1S/C11H21N3O/c1-4-6-15-7-5-14-10(2)13-9-11(14)8-12-3/h9,12H,4-8H2,1-3H3. The number of hydrogen-bond acceptors (Lipinski definition) is 3. The van der Waals surface area contributed by atoms with Crippen molar-refractivity contribution in [1.82, 2.24) is 14.9 Å². The molecule has 0 amide bonds. The third-order valence-electron chi connectivity index (χ3n) is 2.30. The molecule has 0 saturated carbocycles. The average molecular weight is 211 g/mol. The van der Waals surface area contributed by atoms with Gasteiger partial charge in [-0.1, -0.05) is 6.92 Å². The van der Waals surface area contributed by atoms with Crippen molar-refractivity contribution < 1.29 is 4.74 Å². The highest BCUT2D eigenvalue weighted by molar-refractivity contribution is 5.04. The number of rotatable bonds is 7. The average Bonchev–Trinajstić information content (AvgIpc) is 2.56. The highest BCUT2D eigenvalue weighted by Gasteiger charge is 2.04. The fourth-order valence-corrected chi connectivity index (χ4v) is 1.54. The SMILES string of the molecule is CCCOCCn1c(CNC)cnc1C. The molecule has 0 unspecified atom stereocenters. The molecule has 1 aromatic rings. The molecule has 0 bridgehead atoms. The lowest BCUT2D eigenvalue weighted by Crippen LogP contribution is -2.15. The Hall–Kier alpha value is -0.870. The molecule has 0 fully saturated rings. The van der Waals surface area contributed by atoms with E-state index < -0.39 is 0 Å². The number of nitrogens with zero attached hydrogens (tertiary/aromatic N) is 2. The van der Waals surface area contributed by atoms with E-state index in [1.54, 1.807) is 0 Å². The number of ether oxygens (including phenoxy) is 1. The van der Waals surface area contributed by atoms with Gasteiger partial charge in [-0.25, -0.2) is 4.98 Å². The number of nitrogens with one attached hydrogen (secondary N) is 1. The van der Waals surface area contributed by atoms with Crippen molar-refractivity contribution in [2.24, 2.45) is 0 Å². The van der Waals surface area contributed by atoms with E-state index in [4.69, 9.17) is 4.74 Å². The molecule has 15 heavy (non-hydrogen) atoms. The third-order valence-corrected chi connectivity index (χ3v) is 2.30. The summed E-state index contributed by atoms with van der Waals surface area (Å²) >= 11 is 0. The maximum Gasteiger partial charge on any atom is 0.105 e. The number of aryl methyl sites for hydroxylation is 1. The first kappa shape index (κ1) is 12.2. The van der Waals surface area contributed by atoms with Gasteiger partial charge in [0, 0.05) is 25.9 Å². The van der Waals surface area contributed by atoms with Crippen LogP contribution in [0.1, 0.15) is 24.9 Å². The van der Waals surface area contributed by atoms with E-state index in [1.807, 2.05) is 20.2 Å². The molecular weight excluding hydrogens is 190 g/mol. The fraction of sp³-hybridized carbons (Fsp3) is 0.727. The van der Waals surface area contributed by atoms with E-state index in [1.165, 1.54) is 5.69 Å². The number of aromatic nitrogens is 2. The normalized spacial score (nSPS) is 10.9. The molecule has 0 atom stereocenters. The lowest BCUT2D eigenvalue weighted by Gasteiger charge is -2.10. The van der Waals surface area contributed by atoms with Gasteiger partial charge in [-0.2, -0.15) is 0 Å². The summed E-state index contributed by atoms with van der Waals surface area (Å²) in [6.45, 7) is 7.50. The largest absolute Gasteiger partial charge is 0.380 e. The summed E-state index contributed by atoms with van der Waals surface area (Å²) in [6.07, 6.45) is 3.00. The topological polar surface area (TPSA) is 39.1 Å². The summed E-state index contributed by atoms with van der Waals surface area (Å²) in [7, 11) is 1.94. The fourth-order valence-electron chi connectivity index (χ4n) is 1.54. The molecule has 0 radical (unpaired) electrons. The Bertz CT molecular complexity index is 283. The van der Waals surface area contributed by atoms with Crippen LogP contribution in [0.25, 0.3) is 0 Å². The van der Waals surface area contributed by atoms with E-state index in [0.717, 1.165) is 38.5 Å². The molecule has 4 nitrogen and oxygen atoms in total. The molecule has 1 rings (SSSR count). The maximum absolute atomic E-state index is 5.48. The van der Waals surface area contributed by atoms with Gasteiger partial charge in [0.25, 0.3) is 0 Å². The zero-order valence-corrected chi connectivity index (χ0v) is 9.92. The summed E-state index contributed by atoms with van der Waals surface area (Å²) in [6, 6.07) is 0. The Balaban J connectivity index is 2.46. The van der Waals surface area contributed by atoms with Gasteiger partial charge in [0.05, 0.1) is 12.3 Å². The lowest BCUT2D eigenvalue weighted by atomic mass is 10.4. The molecule has 0 aromatic carbocycles. The van der Waals surface area contributed by atoms with Crippen LogP contribution in [0.4, 0.5) is 0 Å². The molecule has 0 saturated heterocycles. The van der Waals surface area contributed by atoms with Crippen LogP contribution in [0.5, 0.6) is 0 Å². The summed E-state index contributed by atoms with van der Waals surface area (Å²) in [4.78, 5) is 4.30. The molecule has 1 heterocycles. The summed E-state index contributed by atoms with van der Waals surface area (Å²) in [5.74, 6) is 1.06. The summed E-state index contributed by atoms with van der Waals surface area (Å²) in [5, 5.41) is 3.14. The second kappa shape index (κ2) is 6.58. The zero-order valence-electron chi connectivity index (χ0n) is 9.92. The van der Waals surface area contributed by atoms with E-state index in [2.05, 4.69) is 21.8 Å². The maximum atomic E-state index is 5.48. The van der Waals surface area contributed by atoms with Gasteiger partial charge in [-0.05, 0) is 20.4 Å². The molecule has 0 spiro atoms. The number of hydrogen-bond donors (Lipinski definition) is 1. The van der Waals surface area contributed by atoms with Crippen LogP contribution in [0.2, 0.25) is 0 Å². The molecule has 1 N–H and O–H groups in total. The Morgan fingerprint density at radius 1 is 1.47 bits per heavy atom. The van der Waals surface area contributed by atoms with Gasteiger partial charge in [-0.3, -0.25) is 0 Å². The first-order valence-electron chi connectivity index (χ1n) is 5.53. The van der Waals surface area contributed by atoms with Gasteiger partial charge < -0.3 is 14.6 Å². The van der Waals surface area contributed by atoms with Crippen molar-refractivity contribution in [1.29, 1.82) is 0 Å². The molecule has 4 heteroatoms. The van der Waals surface area contributed by atoms with Crippen molar-refractivity contribution >= 4 is 0 Å². The smallest absolute Gasteiger partial charge is 0.105 e. The molecule has 0 aliphatic rings. The van der Waals surface area contributed by atoms with Crippen LogP contribution in [0, 0.1) is 6.92 Å². The van der Waals surface area contributed by atoms with Crippen LogP contribution in [0.15, 0.2) is 6.20 Å². The Labute approximate surface area is 91.7 Å². The summed E-state index contributed by atoms with van der Waals surface area (Å²) in [5.41, 5.74) is 1.22. The minimum Gasteiger partial charge on any atom is -0.380 e. The first-order valence-corrected chi connectivity index (χ1v) is 5.53. The molecule has 86 valence electrons. The van der Waals surface area contributed by atoms with Crippen LogP contribution in [-0.2, 0) is 17.8 Å². The van der Waals surface area contributed by atoms with E-state index in [-0.39, 0.29) is 0 Å². The van der Waals surface area contributed by atoms with Crippen molar-refractivity contribution in [3.05, 3.63) is 17.7 Å². The van der Waals surface area contributed by atoms with Crippen molar-refractivity contribution in [2.75, 3.05) is 20.3 Å². The number of imidazole rings is 1. The Morgan fingerprint density at radius 2 is 2.27 bits per heavy atom. The predicted octanol–water partition coefficient (Wildman–Crippen LogP) is 1.34.